The molecule has 2 aromatic heterocycles. The van der Waals surface area contributed by atoms with Gasteiger partial charge in [-0.1, -0.05) is 12.1 Å². The zero-order valence-electron chi connectivity index (χ0n) is 14.2. The summed E-state index contributed by atoms with van der Waals surface area (Å²) in [5.74, 6) is 0.00367. The van der Waals surface area contributed by atoms with E-state index in [0.717, 1.165) is 40.8 Å². The molecule has 0 bridgehead atoms. The Morgan fingerprint density at radius 2 is 2.04 bits per heavy atom. The largest absolute Gasteiger partial charge is 0.348 e. The zero-order valence-corrected chi connectivity index (χ0v) is 14.2. The van der Waals surface area contributed by atoms with Crippen LogP contribution in [-0.4, -0.2) is 20.7 Å². The Bertz CT molecular complexity index is 958. The number of hydrogen-bond acceptors (Lipinski definition) is 3. The maximum absolute atomic E-state index is 13.0. The van der Waals surface area contributed by atoms with Crippen molar-refractivity contribution in [3.05, 3.63) is 58.7 Å². The van der Waals surface area contributed by atoms with Crippen molar-refractivity contribution in [2.75, 3.05) is 0 Å². The van der Waals surface area contributed by atoms with Gasteiger partial charge in [-0.2, -0.15) is 5.10 Å². The highest BCUT2D eigenvalue weighted by molar-refractivity contribution is 6.06. The number of fused-ring (bicyclic) bond motifs is 1. The van der Waals surface area contributed by atoms with Gasteiger partial charge in [0.2, 0.25) is 0 Å². The summed E-state index contributed by atoms with van der Waals surface area (Å²) in [6, 6.07) is 8.02. The molecule has 1 aliphatic carbocycles. The molecule has 1 fully saturated rings. The molecular weight excluding hydrogens is 319 g/mol. The molecular formula is C19H19FN4O. The molecule has 2 heterocycles. The maximum Gasteiger partial charge on any atom is 0.252 e. The van der Waals surface area contributed by atoms with Crippen LogP contribution in [0.15, 0.2) is 30.3 Å². The summed E-state index contributed by atoms with van der Waals surface area (Å²) in [4.78, 5) is 17.5. The van der Waals surface area contributed by atoms with Crippen LogP contribution in [-0.2, 0) is 13.6 Å². The number of carbonyl (C=O) groups is 1. The van der Waals surface area contributed by atoms with Crippen LogP contribution in [0.1, 0.15) is 46.1 Å². The van der Waals surface area contributed by atoms with E-state index in [9.17, 15) is 9.18 Å². The molecule has 1 amide bonds. The molecule has 1 saturated carbocycles. The molecule has 4 rings (SSSR count). The Hall–Kier alpha value is -2.76. The third-order valence-corrected chi connectivity index (χ3v) is 4.60. The van der Waals surface area contributed by atoms with Crippen LogP contribution in [0.4, 0.5) is 4.39 Å². The fourth-order valence-corrected chi connectivity index (χ4v) is 3.11. The van der Waals surface area contributed by atoms with Crippen LogP contribution in [0.25, 0.3) is 11.0 Å². The first-order valence-electron chi connectivity index (χ1n) is 8.40. The molecule has 1 aliphatic rings. The van der Waals surface area contributed by atoms with Gasteiger partial charge in [-0.3, -0.25) is 9.48 Å². The molecule has 1 aromatic carbocycles. The van der Waals surface area contributed by atoms with Crippen LogP contribution >= 0.6 is 0 Å². The standard InChI is InChI=1S/C19H19FN4O/c1-11-17-15(19(25)21-10-12-3-7-14(20)8-4-12)9-16(13-5-6-13)22-18(17)24(2)23-11/h3-4,7-9,13H,5-6,10H2,1-2H3,(H,21,25). The summed E-state index contributed by atoms with van der Waals surface area (Å²) in [7, 11) is 1.85. The van der Waals surface area contributed by atoms with Crippen molar-refractivity contribution in [3.8, 4) is 0 Å². The number of carbonyl (C=O) groups excluding carboxylic acids is 1. The average molecular weight is 338 g/mol. The van der Waals surface area contributed by atoms with E-state index in [-0.39, 0.29) is 11.7 Å². The van der Waals surface area contributed by atoms with Gasteiger partial charge in [0.05, 0.1) is 16.6 Å². The minimum Gasteiger partial charge on any atom is -0.348 e. The number of halogens is 1. The second kappa shape index (κ2) is 5.95. The molecule has 128 valence electrons. The molecule has 25 heavy (non-hydrogen) atoms. The Labute approximate surface area is 144 Å². The minimum atomic E-state index is -0.286. The highest BCUT2D eigenvalue weighted by atomic mass is 19.1. The molecule has 6 heteroatoms. The smallest absolute Gasteiger partial charge is 0.252 e. The molecule has 0 aliphatic heterocycles. The number of rotatable bonds is 4. The number of aromatic nitrogens is 3. The van der Waals surface area contributed by atoms with Gasteiger partial charge in [0.25, 0.3) is 5.91 Å². The zero-order chi connectivity index (χ0) is 17.6. The first-order chi connectivity index (χ1) is 12.0. The number of nitrogens with one attached hydrogen (secondary N) is 1. The van der Waals surface area contributed by atoms with Gasteiger partial charge in [0.15, 0.2) is 5.65 Å². The van der Waals surface area contributed by atoms with E-state index in [1.165, 1.54) is 12.1 Å². The van der Waals surface area contributed by atoms with Crippen molar-refractivity contribution in [2.45, 2.75) is 32.2 Å². The Morgan fingerprint density at radius 3 is 2.72 bits per heavy atom. The molecule has 1 N–H and O–H groups in total. The predicted molar refractivity (Wildman–Crippen MR) is 92.8 cm³/mol. The van der Waals surface area contributed by atoms with Gasteiger partial charge < -0.3 is 5.32 Å². The summed E-state index contributed by atoms with van der Waals surface area (Å²) in [5.41, 5.74) is 3.96. The van der Waals surface area contributed by atoms with Gasteiger partial charge in [0.1, 0.15) is 5.82 Å². The third-order valence-electron chi connectivity index (χ3n) is 4.60. The Morgan fingerprint density at radius 1 is 1.32 bits per heavy atom. The second-order valence-electron chi connectivity index (χ2n) is 6.59. The molecule has 0 atom stereocenters. The van der Waals surface area contributed by atoms with Gasteiger partial charge in [0, 0.05) is 25.2 Å². The van der Waals surface area contributed by atoms with E-state index in [1.54, 1.807) is 16.8 Å². The highest BCUT2D eigenvalue weighted by Crippen LogP contribution is 2.40. The van der Waals surface area contributed by atoms with Crippen LogP contribution < -0.4 is 5.32 Å². The number of nitrogens with zero attached hydrogens (tertiary/aromatic N) is 3. The SMILES string of the molecule is Cc1nn(C)c2nc(C3CC3)cc(C(=O)NCc3ccc(F)cc3)c12. The van der Waals surface area contributed by atoms with E-state index in [1.807, 2.05) is 20.0 Å². The predicted octanol–water partition coefficient (Wildman–Crippen LogP) is 3.22. The molecule has 3 aromatic rings. The molecule has 0 unspecified atom stereocenters. The fourth-order valence-electron chi connectivity index (χ4n) is 3.11. The lowest BCUT2D eigenvalue weighted by molar-refractivity contribution is 0.0952. The average Bonchev–Trinajstić information content (AvgIpc) is 3.40. The van der Waals surface area contributed by atoms with Crippen molar-refractivity contribution in [2.24, 2.45) is 7.05 Å². The Kier molecular flexibility index (Phi) is 3.75. The summed E-state index contributed by atoms with van der Waals surface area (Å²) in [6.07, 6.45) is 2.23. The number of benzene rings is 1. The van der Waals surface area contributed by atoms with Gasteiger partial charge in [-0.05, 0) is 43.5 Å². The highest BCUT2D eigenvalue weighted by Gasteiger charge is 2.28. The number of pyridine rings is 1. The summed E-state index contributed by atoms with van der Waals surface area (Å²) >= 11 is 0. The number of aryl methyl sites for hydroxylation is 2. The second-order valence-corrected chi connectivity index (χ2v) is 6.59. The van der Waals surface area contributed by atoms with Crippen molar-refractivity contribution in [1.82, 2.24) is 20.1 Å². The maximum atomic E-state index is 13.0. The van der Waals surface area contributed by atoms with Crippen LogP contribution in [0.3, 0.4) is 0 Å². The van der Waals surface area contributed by atoms with Crippen LogP contribution in [0.2, 0.25) is 0 Å². The van der Waals surface area contributed by atoms with Crippen LogP contribution in [0, 0.1) is 12.7 Å². The summed E-state index contributed by atoms with van der Waals surface area (Å²) in [5, 5.41) is 8.13. The first-order valence-corrected chi connectivity index (χ1v) is 8.40. The van der Waals surface area contributed by atoms with E-state index >= 15 is 0 Å². The summed E-state index contributed by atoms with van der Waals surface area (Å²) < 4.78 is 14.7. The van der Waals surface area contributed by atoms with Gasteiger partial charge >= 0.3 is 0 Å². The normalized spacial score (nSPS) is 14.0. The van der Waals surface area contributed by atoms with E-state index in [0.29, 0.717) is 18.0 Å². The quantitative estimate of drug-likeness (QED) is 0.794. The number of hydrogen-bond donors (Lipinski definition) is 1. The van der Waals surface area contributed by atoms with Gasteiger partial charge in [-0.15, -0.1) is 0 Å². The van der Waals surface area contributed by atoms with Crippen molar-refractivity contribution < 1.29 is 9.18 Å². The van der Waals surface area contributed by atoms with Crippen molar-refractivity contribution in [3.63, 3.8) is 0 Å². The molecule has 5 nitrogen and oxygen atoms in total. The first kappa shape index (κ1) is 15.7. The topological polar surface area (TPSA) is 59.8 Å². The lowest BCUT2D eigenvalue weighted by atomic mass is 10.1. The molecule has 0 spiro atoms. The molecule has 0 saturated heterocycles. The number of amides is 1. The fraction of sp³-hybridized carbons (Fsp3) is 0.316. The van der Waals surface area contributed by atoms with E-state index in [2.05, 4.69) is 10.4 Å². The van der Waals surface area contributed by atoms with E-state index < -0.39 is 0 Å². The van der Waals surface area contributed by atoms with Crippen molar-refractivity contribution in [1.29, 1.82) is 0 Å². The lowest BCUT2D eigenvalue weighted by Crippen LogP contribution is -2.23. The lowest BCUT2D eigenvalue weighted by Gasteiger charge is -2.09. The Balaban J connectivity index is 1.66. The van der Waals surface area contributed by atoms with Crippen molar-refractivity contribution >= 4 is 16.9 Å². The summed E-state index contributed by atoms with van der Waals surface area (Å²) in [6.45, 7) is 2.23. The third kappa shape index (κ3) is 2.99. The molecule has 0 radical (unpaired) electrons. The minimum absolute atomic E-state index is 0.158. The van der Waals surface area contributed by atoms with Crippen LogP contribution in [0.5, 0.6) is 0 Å². The monoisotopic (exact) mass is 338 g/mol. The van der Waals surface area contributed by atoms with Gasteiger partial charge in [-0.25, -0.2) is 9.37 Å². The van der Waals surface area contributed by atoms with E-state index in [4.69, 9.17) is 4.98 Å².